The van der Waals surface area contributed by atoms with Gasteiger partial charge >= 0.3 is 0 Å². The van der Waals surface area contributed by atoms with Crippen LogP contribution in [-0.4, -0.2) is 39.6 Å². The first-order valence-corrected chi connectivity index (χ1v) is 15.1. The number of amides is 2. The third-order valence-corrected chi connectivity index (χ3v) is 9.74. The summed E-state index contributed by atoms with van der Waals surface area (Å²) in [5.74, 6) is -0.306. The van der Waals surface area contributed by atoms with Gasteiger partial charge in [0, 0.05) is 52.2 Å². The zero-order valence-corrected chi connectivity index (χ0v) is 25.2. The lowest BCUT2D eigenvalue weighted by molar-refractivity contribution is -0.124. The summed E-state index contributed by atoms with van der Waals surface area (Å²) in [5, 5.41) is 6.54. The molecule has 0 bridgehead atoms. The summed E-state index contributed by atoms with van der Waals surface area (Å²) in [6.07, 6.45) is 6.62. The van der Waals surface area contributed by atoms with Crippen molar-refractivity contribution in [1.82, 2.24) is 20.6 Å². The first-order valence-electron chi connectivity index (χ1n) is 14.3. The molecule has 0 aliphatic heterocycles. The molecule has 2 aliphatic rings. The fourth-order valence-corrected chi connectivity index (χ4v) is 7.45. The molecule has 4 atom stereocenters. The van der Waals surface area contributed by atoms with Gasteiger partial charge in [-0.1, -0.05) is 12.6 Å². The Morgan fingerprint density at radius 2 is 1.84 bits per heavy atom. The Morgan fingerprint density at radius 1 is 1.09 bits per heavy atom. The number of ketones is 1. The summed E-state index contributed by atoms with van der Waals surface area (Å²) in [7, 11) is 0. The molecule has 1 fully saturated rings. The maximum Gasteiger partial charge on any atom is 0.262 e. The second-order valence-corrected chi connectivity index (χ2v) is 12.3. The first-order chi connectivity index (χ1) is 21.0. The summed E-state index contributed by atoms with van der Waals surface area (Å²) in [6.45, 7) is 7.21. The Balaban J connectivity index is 1.39. The number of thiophene rings is 1. The first kappa shape index (κ1) is 29.4. The number of anilines is 1. The van der Waals surface area contributed by atoms with Crippen molar-refractivity contribution in [2.45, 2.75) is 56.8 Å². The van der Waals surface area contributed by atoms with Crippen LogP contribution in [0, 0.1) is 13.8 Å². The number of hydrogen-bond acceptors (Lipinski definition) is 10. The van der Waals surface area contributed by atoms with Crippen molar-refractivity contribution >= 4 is 44.7 Å². The van der Waals surface area contributed by atoms with Crippen molar-refractivity contribution in [2.24, 2.45) is 11.5 Å². The lowest BCUT2D eigenvalue weighted by Crippen LogP contribution is -2.53. The van der Waals surface area contributed by atoms with E-state index in [4.69, 9.17) is 21.9 Å². The van der Waals surface area contributed by atoms with E-state index in [1.165, 1.54) is 23.6 Å². The topological polar surface area (TPSA) is 188 Å². The number of nitrogen functional groups attached to an aromatic ring is 1. The maximum absolute atomic E-state index is 14.2. The highest BCUT2D eigenvalue weighted by atomic mass is 32.1. The van der Waals surface area contributed by atoms with Gasteiger partial charge in [-0.3, -0.25) is 19.4 Å². The number of aromatic nitrogens is 2. The third kappa shape index (κ3) is 4.80. The Hall–Kier alpha value is -4.65. The van der Waals surface area contributed by atoms with E-state index in [2.05, 4.69) is 27.2 Å². The van der Waals surface area contributed by atoms with Gasteiger partial charge < -0.3 is 32.6 Å². The van der Waals surface area contributed by atoms with Crippen molar-refractivity contribution < 1.29 is 19.1 Å². The van der Waals surface area contributed by atoms with Crippen LogP contribution in [0.25, 0.3) is 10.1 Å². The number of Topliss-reactive ketones (excluding diaryl/α,β-unsaturated/α-hetero) is 1. The summed E-state index contributed by atoms with van der Waals surface area (Å²) in [6, 6.07) is 7.04. The Kier molecular flexibility index (Phi) is 7.44. The van der Waals surface area contributed by atoms with E-state index in [0.717, 1.165) is 18.5 Å². The molecule has 0 radical (unpaired) electrons. The number of nitrogens with two attached hydrogens (primary N) is 3. The van der Waals surface area contributed by atoms with Crippen LogP contribution in [0.5, 0.6) is 11.6 Å². The SMILES string of the molecule is C=CC(=O)N[C@H]1CCC[C@H]1NC(=O)c1sc2c(N)ccc3c2c1C(N)C(=O)C3(N)c1cnc(Oc2ccc(C)nc2)cc1C. The average molecular weight is 612 g/mol. The van der Waals surface area contributed by atoms with Gasteiger partial charge in [0.1, 0.15) is 11.3 Å². The number of pyridine rings is 2. The highest BCUT2D eigenvalue weighted by Crippen LogP contribution is 2.50. The monoisotopic (exact) mass is 611 g/mol. The van der Waals surface area contributed by atoms with Gasteiger partial charge in [-0.25, -0.2) is 4.98 Å². The van der Waals surface area contributed by atoms with Gasteiger partial charge in [0.05, 0.1) is 21.8 Å². The van der Waals surface area contributed by atoms with Crippen molar-refractivity contribution in [3.63, 3.8) is 0 Å². The summed E-state index contributed by atoms with van der Waals surface area (Å²) < 4.78 is 6.50. The number of aryl methyl sites for hydroxylation is 2. The van der Waals surface area contributed by atoms with Crippen molar-refractivity contribution in [2.75, 3.05) is 5.73 Å². The molecule has 226 valence electrons. The van der Waals surface area contributed by atoms with E-state index in [9.17, 15) is 14.4 Å². The minimum Gasteiger partial charge on any atom is -0.437 e. The largest absolute Gasteiger partial charge is 0.437 e. The minimum atomic E-state index is -1.65. The molecule has 3 aromatic heterocycles. The molecule has 11 nitrogen and oxygen atoms in total. The molecule has 6 rings (SSSR count). The number of carbonyl (C=O) groups excluding carboxylic acids is 3. The van der Waals surface area contributed by atoms with Crippen LogP contribution in [0.4, 0.5) is 5.69 Å². The number of benzene rings is 1. The third-order valence-electron chi connectivity index (χ3n) is 8.48. The second kappa shape index (κ2) is 11.1. The normalized spacial score (nSPS) is 22.5. The second-order valence-electron chi connectivity index (χ2n) is 11.3. The molecule has 8 N–H and O–H groups in total. The minimum absolute atomic E-state index is 0.229. The zero-order valence-electron chi connectivity index (χ0n) is 24.3. The fraction of sp³-hybridized carbons (Fsp3) is 0.281. The number of rotatable bonds is 7. The van der Waals surface area contributed by atoms with Gasteiger partial charge in [-0.05, 0) is 68.5 Å². The van der Waals surface area contributed by atoms with Gasteiger partial charge in [0.2, 0.25) is 11.8 Å². The van der Waals surface area contributed by atoms with Gasteiger partial charge in [0.25, 0.3) is 5.91 Å². The van der Waals surface area contributed by atoms with Crippen molar-refractivity contribution in [3.8, 4) is 11.6 Å². The van der Waals surface area contributed by atoms with Crippen LogP contribution in [0.15, 0.2) is 55.4 Å². The highest BCUT2D eigenvalue weighted by molar-refractivity contribution is 7.21. The summed E-state index contributed by atoms with van der Waals surface area (Å²) in [5.41, 5.74) is 21.8. The highest BCUT2D eigenvalue weighted by Gasteiger charge is 2.49. The molecule has 2 aliphatic carbocycles. The Bertz CT molecular complexity index is 1840. The predicted octanol–water partition coefficient (Wildman–Crippen LogP) is 3.42. The molecule has 2 unspecified atom stereocenters. The van der Waals surface area contributed by atoms with E-state index in [1.807, 2.05) is 19.9 Å². The number of carbonyl (C=O) groups is 3. The molecule has 0 saturated heterocycles. The quantitative estimate of drug-likeness (QED) is 0.154. The molecule has 1 aromatic carbocycles. The van der Waals surface area contributed by atoms with Gasteiger partial charge in [-0.15, -0.1) is 11.3 Å². The van der Waals surface area contributed by atoms with E-state index >= 15 is 0 Å². The Morgan fingerprint density at radius 3 is 2.52 bits per heavy atom. The maximum atomic E-state index is 14.2. The molecule has 0 spiro atoms. The van der Waals surface area contributed by atoms with Crippen LogP contribution in [-0.2, 0) is 15.1 Å². The van der Waals surface area contributed by atoms with Crippen molar-refractivity contribution in [3.05, 3.63) is 88.2 Å². The molecule has 3 heterocycles. The molecule has 44 heavy (non-hydrogen) atoms. The lowest BCUT2D eigenvalue weighted by Gasteiger charge is -2.37. The van der Waals surface area contributed by atoms with Crippen molar-refractivity contribution in [1.29, 1.82) is 0 Å². The molecule has 2 amide bonds. The van der Waals surface area contributed by atoms with Crippen LogP contribution in [0.1, 0.15) is 62.9 Å². The van der Waals surface area contributed by atoms with Crippen LogP contribution in [0.2, 0.25) is 0 Å². The molecule has 1 saturated carbocycles. The number of nitrogens with zero attached hydrogens (tertiary/aromatic N) is 2. The zero-order chi connectivity index (χ0) is 31.3. The molecular weight excluding hydrogens is 578 g/mol. The van der Waals surface area contributed by atoms with E-state index in [0.29, 0.717) is 61.0 Å². The molecular formula is C32H33N7O4S. The Labute approximate surface area is 257 Å². The number of hydrogen-bond donors (Lipinski definition) is 5. The van der Waals surface area contributed by atoms with E-state index in [-0.39, 0.29) is 23.9 Å². The number of nitrogens with one attached hydrogen (secondary N) is 2. The lowest BCUT2D eigenvalue weighted by atomic mass is 9.70. The standard InChI is InChI=1S/C32H33N7O4S/c1-4-23(40)38-21-6-5-7-22(21)39-31(42)29-26-25-18(10-11-20(33)28(25)44-29)32(35,30(41)27(26)34)19-14-37-24(12-15(19)2)43-17-9-8-16(3)36-13-17/h4,8-14,21-22,27H,1,5-7,33-35H2,2-3H3,(H,38,40)(H,39,42)/t21-,22+,27?,32?/m0/s1. The van der Waals surface area contributed by atoms with E-state index < -0.39 is 17.4 Å². The van der Waals surface area contributed by atoms with Crippen LogP contribution >= 0.6 is 11.3 Å². The van der Waals surface area contributed by atoms with E-state index in [1.54, 1.807) is 30.5 Å². The smallest absolute Gasteiger partial charge is 0.262 e. The summed E-state index contributed by atoms with van der Waals surface area (Å²) in [4.78, 5) is 48.8. The molecule has 12 heteroatoms. The average Bonchev–Trinajstić information content (AvgIpc) is 3.62. The van der Waals surface area contributed by atoms with Crippen LogP contribution < -0.4 is 32.6 Å². The van der Waals surface area contributed by atoms with Gasteiger partial charge in [-0.2, -0.15) is 0 Å². The number of ether oxygens (including phenoxy) is 1. The predicted molar refractivity (Wildman–Crippen MR) is 168 cm³/mol. The molecule has 4 aromatic rings. The fourth-order valence-electron chi connectivity index (χ4n) is 6.24. The summed E-state index contributed by atoms with van der Waals surface area (Å²) >= 11 is 1.18. The van der Waals surface area contributed by atoms with Gasteiger partial charge in [0.15, 0.2) is 5.78 Å². The van der Waals surface area contributed by atoms with Crippen LogP contribution in [0.3, 0.4) is 0 Å².